The second-order valence-electron chi connectivity index (χ2n) is 5.12. The van der Waals surface area contributed by atoms with Crippen LogP contribution in [0.3, 0.4) is 0 Å². The molecule has 0 bridgehead atoms. The molecular formula is C13H21N3O2S. The normalized spacial score (nSPS) is 14.9. The molecule has 106 valence electrons. The Kier molecular flexibility index (Phi) is 4.90. The van der Waals surface area contributed by atoms with Gasteiger partial charge in [-0.15, -0.1) is 11.3 Å². The van der Waals surface area contributed by atoms with Crippen molar-refractivity contribution in [1.82, 2.24) is 14.8 Å². The van der Waals surface area contributed by atoms with Gasteiger partial charge in [0.25, 0.3) is 0 Å². The van der Waals surface area contributed by atoms with Crippen LogP contribution in [0.5, 0.6) is 0 Å². The third kappa shape index (κ3) is 4.26. The van der Waals surface area contributed by atoms with Crippen LogP contribution in [0.1, 0.15) is 23.5 Å². The molecule has 0 aromatic carbocycles. The van der Waals surface area contributed by atoms with Crippen molar-refractivity contribution < 1.29 is 9.90 Å². The molecule has 0 radical (unpaired) electrons. The number of aliphatic hydroxyl groups is 1. The van der Waals surface area contributed by atoms with Crippen LogP contribution < -0.4 is 0 Å². The van der Waals surface area contributed by atoms with Crippen molar-refractivity contribution >= 4 is 17.2 Å². The highest BCUT2D eigenvalue weighted by molar-refractivity contribution is 7.09. The molecule has 2 rings (SSSR count). The molecule has 0 atom stereocenters. The molecule has 1 heterocycles. The number of carbonyl (C=O) groups is 1. The molecule has 1 saturated carbocycles. The Labute approximate surface area is 117 Å². The predicted octanol–water partition coefficient (Wildman–Crippen LogP) is 0.731. The zero-order valence-corrected chi connectivity index (χ0v) is 12.3. The van der Waals surface area contributed by atoms with Crippen LogP contribution >= 0.6 is 11.3 Å². The first-order chi connectivity index (χ1) is 9.10. The van der Waals surface area contributed by atoms with Gasteiger partial charge < -0.3 is 10.0 Å². The minimum absolute atomic E-state index is 0.0790. The number of nitrogens with zero attached hydrogens (tertiary/aromatic N) is 3. The van der Waals surface area contributed by atoms with Crippen molar-refractivity contribution in [3.8, 4) is 0 Å². The molecule has 1 amide bonds. The molecule has 0 spiro atoms. The summed E-state index contributed by atoms with van der Waals surface area (Å²) in [5.41, 5.74) is 1.01. The van der Waals surface area contributed by atoms with E-state index in [9.17, 15) is 4.79 Å². The van der Waals surface area contributed by atoms with Crippen molar-refractivity contribution in [2.45, 2.75) is 31.8 Å². The number of aromatic nitrogens is 1. The summed E-state index contributed by atoms with van der Waals surface area (Å²) in [5.74, 6) is 0.0790. The molecule has 1 N–H and O–H groups in total. The maximum atomic E-state index is 11.6. The third-order valence-corrected chi connectivity index (χ3v) is 4.11. The lowest BCUT2D eigenvalue weighted by atomic mass is 10.3. The minimum atomic E-state index is 0.0790. The lowest BCUT2D eigenvalue weighted by Gasteiger charge is -2.19. The van der Waals surface area contributed by atoms with E-state index in [2.05, 4.69) is 9.88 Å². The third-order valence-electron chi connectivity index (χ3n) is 3.22. The van der Waals surface area contributed by atoms with Gasteiger partial charge in [-0.25, -0.2) is 4.98 Å². The lowest BCUT2D eigenvalue weighted by Crippen LogP contribution is -2.28. The van der Waals surface area contributed by atoms with E-state index in [-0.39, 0.29) is 12.5 Å². The molecule has 1 aliphatic carbocycles. The Bertz CT molecular complexity index is 429. The van der Waals surface area contributed by atoms with Crippen molar-refractivity contribution in [2.24, 2.45) is 0 Å². The fourth-order valence-electron chi connectivity index (χ4n) is 1.96. The Balaban J connectivity index is 1.90. The summed E-state index contributed by atoms with van der Waals surface area (Å²) < 4.78 is 0. The molecule has 1 fully saturated rings. The fourth-order valence-corrected chi connectivity index (χ4v) is 2.73. The standard InChI is InChI=1S/C13H21N3O2S/c1-15(2)13(18)7-12-14-10(9-19-12)8-16(5-6-17)11-3-4-11/h9,11,17H,3-8H2,1-2H3. The van der Waals surface area contributed by atoms with Crippen LogP contribution in [-0.4, -0.2) is 59.1 Å². The first kappa shape index (κ1) is 14.4. The number of thiazole rings is 1. The molecule has 19 heavy (non-hydrogen) atoms. The van der Waals surface area contributed by atoms with Crippen LogP contribution in [-0.2, 0) is 17.8 Å². The average Bonchev–Trinajstić information content (AvgIpc) is 3.12. The molecule has 0 aliphatic heterocycles. The van der Waals surface area contributed by atoms with Crippen LogP contribution in [0.2, 0.25) is 0 Å². The van der Waals surface area contributed by atoms with Gasteiger partial charge in [0.2, 0.25) is 5.91 Å². The number of rotatable bonds is 7. The van der Waals surface area contributed by atoms with E-state index in [4.69, 9.17) is 5.11 Å². The van der Waals surface area contributed by atoms with Crippen molar-refractivity contribution in [2.75, 3.05) is 27.2 Å². The number of aliphatic hydroxyl groups excluding tert-OH is 1. The Morgan fingerprint density at radius 3 is 2.84 bits per heavy atom. The zero-order chi connectivity index (χ0) is 13.8. The highest BCUT2D eigenvalue weighted by atomic mass is 32.1. The summed E-state index contributed by atoms with van der Waals surface area (Å²) in [6, 6.07) is 0.612. The molecular weight excluding hydrogens is 262 g/mol. The second kappa shape index (κ2) is 6.45. The summed E-state index contributed by atoms with van der Waals surface area (Å²) in [5, 5.41) is 12.0. The Hall–Kier alpha value is -0.980. The van der Waals surface area contributed by atoms with Crippen LogP contribution in [0, 0.1) is 0 Å². The van der Waals surface area contributed by atoms with E-state index in [0.29, 0.717) is 19.0 Å². The monoisotopic (exact) mass is 283 g/mol. The molecule has 6 heteroatoms. The summed E-state index contributed by atoms with van der Waals surface area (Å²) in [6.07, 6.45) is 2.81. The maximum Gasteiger partial charge on any atom is 0.228 e. The predicted molar refractivity (Wildman–Crippen MR) is 75.0 cm³/mol. The highest BCUT2D eigenvalue weighted by Crippen LogP contribution is 2.28. The first-order valence-electron chi connectivity index (χ1n) is 6.58. The van der Waals surface area contributed by atoms with E-state index >= 15 is 0 Å². The van der Waals surface area contributed by atoms with Gasteiger partial charge in [-0.1, -0.05) is 0 Å². The first-order valence-corrected chi connectivity index (χ1v) is 7.46. The Morgan fingerprint density at radius 1 is 1.53 bits per heavy atom. The molecule has 1 aromatic heterocycles. The van der Waals surface area contributed by atoms with Crippen LogP contribution in [0.15, 0.2) is 5.38 Å². The summed E-state index contributed by atoms with van der Waals surface area (Å²) in [6.45, 7) is 1.67. The van der Waals surface area contributed by atoms with Gasteiger partial charge >= 0.3 is 0 Å². The second-order valence-corrected chi connectivity index (χ2v) is 6.07. The number of carbonyl (C=O) groups excluding carboxylic acids is 1. The van der Waals surface area contributed by atoms with Crippen LogP contribution in [0.4, 0.5) is 0 Å². The van der Waals surface area contributed by atoms with Gasteiger partial charge in [-0.2, -0.15) is 0 Å². The van der Waals surface area contributed by atoms with E-state index < -0.39 is 0 Å². The van der Waals surface area contributed by atoms with Gasteiger partial charge in [0, 0.05) is 38.6 Å². The molecule has 0 saturated heterocycles. The van der Waals surface area contributed by atoms with Crippen molar-refractivity contribution in [3.05, 3.63) is 16.1 Å². The van der Waals surface area contributed by atoms with E-state index in [1.54, 1.807) is 19.0 Å². The number of likely N-dealkylation sites (N-methyl/N-ethyl adjacent to an activating group) is 1. The van der Waals surface area contributed by atoms with Crippen molar-refractivity contribution in [3.63, 3.8) is 0 Å². The quantitative estimate of drug-likeness (QED) is 0.801. The zero-order valence-electron chi connectivity index (χ0n) is 11.5. The van der Waals surface area contributed by atoms with Gasteiger partial charge in [0.15, 0.2) is 0 Å². The summed E-state index contributed by atoms with van der Waals surface area (Å²) in [7, 11) is 3.51. The number of amides is 1. The van der Waals surface area contributed by atoms with E-state index in [0.717, 1.165) is 17.2 Å². The topological polar surface area (TPSA) is 56.7 Å². The fraction of sp³-hybridized carbons (Fsp3) is 0.692. The van der Waals surface area contributed by atoms with Crippen LogP contribution in [0.25, 0.3) is 0 Å². The van der Waals surface area contributed by atoms with Gasteiger partial charge in [0.05, 0.1) is 18.7 Å². The van der Waals surface area contributed by atoms with Gasteiger partial charge in [0.1, 0.15) is 5.01 Å². The number of hydrogen-bond donors (Lipinski definition) is 1. The summed E-state index contributed by atoms with van der Waals surface area (Å²) >= 11 is 1.54. The molecule has 0 unspecified atom stereocenters. The maximum absolute atomic E-state index is 11.6. The molecule has 1 aliphatic rings. The molecule has 1 aromatic rings. The van der Waals surface area contributed by atoms with Gasteiger partial charge in [-0.3, -0.25) is 9.69 Å². The Morgan fingerprint density at radius 2 is 2.26 bits per heavy atom. The van der Waals surface area contributed by atoms with E-state index in [1.807, 2.05) is 5.38 Å². The van der Waals surface area contributed by atoms with Crippen molar-refractivity contribution in [1.29, 1.82) is 0 Å². The average molecular weight is 283 g/mol. The minimum Gasteiger partial charge on any atom is -0.395 e. The smallest absolute Gasteiger partial charge is 0.228 e. The SMILES string of the molecule is CN(C)C(=O)Cc1nc(CN(CCO)C2CC2)cs1. The summed E-state index contributed by atoms with van der Waals surface area (Å²) in [4.78, 5) is 20.0. The highest BCUT2D eigenvalue weighted by Gasteiger charge is 2.28. The number of hydrogen-bond acceptors (Lipinski definition) is 5. The lowest BCUT2D eigenvalue weighted by molar-refractivity contribution is -0.127. The molecule has 5 nitrogen and oxygen atoms in total. The largest absolute Gasteiger partial charge is 0.395 e. The van der Waals surface area contributed by atoms with E-state index in [1.165, 1.54) is 24.2 Å². The van der Waals surface area contributed by atoms with Gasteiger partial charge in [-0.05, 0) is 12.8 Å².